The molecule has 3 aromatic carbocycles. The molecular formula is C26H20ClN3O4. The Morgan fingerprint density at radius 2 is 1.82 bits per heavy atom. The van der Waals surface area contributed by atoms with Crippen molar-refractivity contribution in [2.75, 3.05) is 6.61 Å². The van der Waals surface area contributed by atoms with Crippen LogP contribution in [0.4, 0.5) is 4.79 Å². The Morgan fingerprint density at radius 3 is 2.59 bits per heavy atom. The molecule has 0 aromatic heterocycles. The SMILES string of the molecule is N#Cc1cccc(C2NC(=O)N=C(COc3cccc(Cl)c3)C2C(=O)OCc2ccccc2)c1. The van der Waals surface area contributed by atoms with Crippen LogP contribution in [0.3, 0.4) is 0 Å². The lowest BCUT2D eigenvalue weighted by Crippen LogP contribution is -2.47. The molecule has 8 heteroatoms. The second-order valence-corrected chi connectivity index (χ2v) is 8.02. The normalized spacial score (nSPS) is 17.2. The molecule has 7 nitrogen and oxygen atoms in total. The first kappa shape index (κ1) is 23.0. The van der Waals surface area contributed by atoms with Crippen molar-refractivity contribution in [2.24, 2.45) is 10.9 Å². The van der Waals surface area contributed by atoms with Gasteiger partial charge in [0.05, 0.1) is 23.4 Å². The molecule has 1 aliphatic rings. The number of nitriles is 1. The van der Waals surface area contributed by atoms with Crippen LogP contribution in [0.15, 0.2) is 83.9 Å². The number of nitrogens with zero attached hydrogens (tertiary/aromatic N) is 2. The van der Waals surface area contributed by atoms with E-state index < -0.39 is 24.0 Å². The highest BCUT2D eigenvalue weighted by Crippen LogP contribution is 2.30. The van der Waals surface area contributed by atoms with Gasteiger partial charge in [-0.25, -0.2) is 4.79 Å². The summed E-state index contributed by atoms with van der Waals surface area (Å²) in [6, 6.07) is 23.5. The minimum Gasteiger partial charge on any atom is -0.488 e. The minimum atomic E-state index is -0.950. The molecule has 2 atom stereocenters. The number of amides is 2. The van der Waals surface area contributed by atoms with Crippen molar-refractivity contribution >= 4 is 29.3 Å². The van der Waals surface area contributed by atoms with Crippen molar-refractivity contribution in [3.8, 4) is 11.8 Å². The zero-order valence-electron chi connectivity index (χ0n) is 18.0. The first-order valence-corrected chi connectivity index (χ1v) is 10.9. The predicted molar refractivity (Wildman–Crippen MR) is 127 cm³/mol. The summed E-state index contributed by atoms with van der Waals surface area (Å²) in [6.07, 6.45) is 0. The van der Waals surface area contributed by atoms with Crippen LogP contribution in [-0.4, -0.2) is 24.3 Å². The average Bonchev–Trinajstić information content (AvgIpc) is 2.86. The van der Waals surface area contributed by atoms with Gasteiger partial charge in [-0.15, -0.1) is 0 Å². The number of carbonyl (C=O) groups excluding carboxylic acids is 2. The lowest BCUT2D eigenvalue weighted by Gasteiger charge is -2.31. The number of rotatable bonds is 7. The van der Waals surface area contributed by atoms with Crippen molar-refractivity contribution in [2.45, 2.75) is 12.6 Å². The van der Waals surface area contributed by atoms with Crippen LogP contribution in [0.2, 0.25) is 5.02 Å². The van der Waals surface area contributed by atoms with Gasteiger partial charge in [0.2, 0.25) is 0 Å². The van der Waals surface area contributed by atoms with E-state index in [1.165, 1.54) is 0 Å². The van der Waals surface area contributed by atoms with Crippen molar-refractivity contribution in [1.29, 1.82) is 5.26 Å². The van der Waals surface area contributed by atoms with E-state index in [9.17, 15) is 14.9 Å². The van der Waals surface area contributed by atoms with E-state index in [0.717, 1.165) is 5.56 Å². The second-order valence-electron chi connectivity index (χ2n) is 7.58. The van der Waals surface area contributed by atoms with Gasteiger partial charge in [0, 0.05) is 5.02 Å². The van der Waals surface area contributed by atoms with E-state index in [0.29, 0.717) is 21.9 Å². The summed E-state index contributed by atoms with van der Waals surface area (Å²) >= 11 is 6.03. The van der Waals surface area contributed by atoms with Gasteiger partial charge in [-0.1, -0.05) is 60.1 Å². The fourth-order valence-electron chi connectivity index (χ4n) is 3.65. The highest BCUT2D eigenvalue weighted by Gasteiger charge is 2.40. The molecule has 0 bridgehead atoms. The summed E-state index contributed by atoms with van der Waals surface area (Å²) in [6.45, 7) is -0.0508. The van der Waals surface area contributed by atoms with Gasteiger partial charge in [-0.05, 0) is 41.5 Å². The van der Waals surface area contributed by atoms with Gasteiger partial charge in [0.15, 0.2) is 0 Å². The number of hydrogen-bond donors (Lipinski definition) is 1. The Balaban J connectivity index is 1.63. The van der Waals surface area contributed by atoms with Crippen LogP contribution in [0.25, 0.3) is 0 Å². The van der Waals surface area contributed by atoms with Crippen LogP contribution in [-0.2, 0) is 16.1 Å². The first-order valence-electron chi connectivity index (χ1n) is 10.5. The molecule has 170 valence electrons. The molecular weight excluding hydrogens is 454 g/mol. The lowest BCUT2D eigenvalue weighted by molar-refractivity contribution is -0.148. The fourth-order valence-corrected chi connectivity index (χ4v) is 3.83. The summed E-state index contributed by atoms with van der Waals surface area (Å²) in [7, 11) is 0. The molecule has 34 heavy (non-hydrogen) atoms. The smallest absolute Gasteiger partial charge is 0.341 e. The number of esters is 1. The van der Waals surface area contributed by atoms with Crippen LogP contribution in [0, 0.1) is 17.2 Å². The van der Waals surface area contributed by atoms with Gasteiger partial charge in [-0.2, -0.15) is 10.3 Å². The molecule has 0 fully saturated rings. The fraction of sp³-hybridized carbons (Fsp3) is 0.154. The maximum Gasteiger partial charge on any atom is 0.341 e. The third-order valence-electron chi connectivity index (χ3n) is 5.25. The summed E-state index contributed by atoms with van der Waals surface area (Å²) in [5.74, 6) is -1.04. The van der Waals surface area contributed by atoms with Crippen LogP contribution in [0.5, 0.6) is 5.75 Å². The topological polar surface area (TPSA) is 101 Å². The minimum absolute atomic E-state index is 0.0670. The second kappa shape index (κ2) is 10.6. The monoisotopic (exact) mass is 473 g/mol. The number of ether oxygens (including phenoxy) is 2. The summed E-state index contributed by atoms with van der Waals surface area (Å²) < 4.78 is 11.4. The number of carbonyl (C=O) groups is 2. The number of halogens is 1. The quantitative estimate of drug-likeness (QED) is 0.494. The molecule has 2 amide bonds. The average molecular weight is 474 g/mol. The molecule has 0 aliphatic carbocycles. The lowest BCUT2D eigenvalue weighted by atomic mass is 9.87. The number of benzene rings is 3. The molecule has 0 spiro atoms. The van der Waals surface area contributed by atoms with Crippen LogP contribution >= 0.6 is 11.6 Å². The number of aliphatic imine (C=N–C) groups is 1. The van der Waals surface area contributed by atoms with E-state index in [2.05, 4.69) is 16.4 Å². The Hall–Kier alpha value is -4.15. The molecule has 1 aliphatic heterocycles. The molecule has 0 saturated heterocycles. The van der Waals surface area contributed by atoms with Crippen LogP contribution in [0.1, 0.15) is 22.7 Å². The third-order valence-corrected chi connectivity index (χ3v) is 5.49. The van der Waals surface area contributed by atoms with Gasteiger partial charge < -0.3 is 14.8 Å². The highest BCUT2D eigenvalue weighted by molar-refractivity contribution is 6.30. The zero-order valence-corrected chi connectivity index (χ0v) is 18.7. The molecule has 1 N–H and O–H groups in total. The molecule has 0 saturated carbocycles. The molecule has 4 rings (SSSR count). The Bertz CT molecular complexity index is 1270. The maximum absolute atomic E-state index is 13.3. The summed E-state index contributed by atoms with van der Waals surface area (Å²) in [5.41, 5.74) is 2.04. The predicted octanol–water partition coefficient (Wildman–Crippen LogP) is 4.86. The van der Waals surface area contributed by atoms with E-state index in [-0.39, 0.29) is 18.9 Å². The van der Waals surface area contributed by atoms with Gasteiger partial charge in [-0.3, -0.25) is 4.79 Å². The van der Waals surface area contributed by atoms with Crippen molar-refractivity contribution in [3.63, 3.8) is 0 Å². The molecule has 1 heterocycles. The third kappa shape index (κ3) is 5.61. The largest absolute Gasteiger partial charge is 0.488 e. The molecule has 2 unspecified atom stereocenters. The first-order chi connectivity index (χ1) is 16.5. The van der Waals surface area contributed by atoms with E-state index in [4.69, 9.17) is 21.1 Å². The Kier molecular flexibility index (Phi) is 7.21. The van der Waals surface area contributed by atoms with Crippen LogP contribution < -0.4 is 10.1 Å². The zero-order chi connectivity index (χ0) is 23.9. The van der Waals surface area contributed by atoms with Gasteiger partial charge in [0.25, 0.3) is 0 Å². The van der Waals surface area contributed by atoms with Gasteiger partial charge in [0.1, 0.15) is 24.9 Å². The van der Waals surface area contributed by atoms with Crippen molar-refractivity contribution < 1.29 is 19.1 Å². The van der Waals surface area contributed by atoms with Crippen molar-refractivity contribution in [3.05, 3.63) is 101 Å². The summed E-state index contributed by atoms with van der Waals surface area (Å²) in [5, 5.41) is 12.5. The number of urea groups is 1. The Morgan fingerprint density at radius 1 is 1.03 bits per heavy atom. The number of nitrogens with one attached hydrogen (secondary N) is 1. The molecule has 3 aromatic rings. The molecule has 0 radical (unpaired) electrons. The van der Waals surface area contributed by atoms with E-state index in [1.807, 2.05) is 30.3 Å². The Labute approximate surface area is 201 Å². The number of hydrogen-bond acceptors (Lipinski definition) is 5. The maximum atomic E-state index is 13.3. The van der Waals surface area contributed by atoms with E-state index in [1.54, 1.807) is 48.5 Å². The van der Waals surface area contributed by atoms with Crippen molar-refractivity contribution in [1.82, 2.24) is 5.32 Å². The highest BCUT2D eigenvalue weighted by atomic mass is 35.5. The summed E-state index contributed by atoms with van der Waals surface area (Å²) in [4.78, 5) is 29.8. The van der Waals surface area contributed by atoms with E-state index >= 15 is 0 Å². The standard InChI is InChI=1S/C26H20ClN3O4/c27-20-10-5-11-21(13-20)33-16-22-23(25(31)34-15-17-6-2-1-3-7-17)24(30-26(32)29-22)19-9-4-8-18(12-19)14-28/h1-13,23-24H,15-16H2,(H,30,32). The van der Waals surface area contributed by atoms with Gasteiger partial charge >= 0.3 is 12.0 Å².